The molecule has 1 unspecified atom stereocenters. The van der Waals surface area contributed by atoms with Gasteiger partial charge in [-0.3, -0.25) is 14.5 Å². The van der Waals surface area contributed by atoms with Crippen molar-refractivity contribution in [1.29, 1.82) is 0 Å². The predicted octanol–water partition coefficient (Wildman–Crippen LogP) is 4.97. The van der Waals surface area contributed by atoms with Crippen molar-refractivity contribution >= 4 is 34.7 Å². The zero-order chi connectivity index (χ0) is 21.3. The monoisotopic (exact) mass is 419 g/mol. The van der Waals surface area contributed by atoms with E-state index < -0.39 is 17.7 Å². The number of ketones is 1. The molecule has 0 radical (unpaired) electrons. The molecule has 1 atom stereocenters. The Morgan fingerprint density at radius 3 is 2.33 bits per heavy atom. The van der Waals surface area contributed by atoms with Gasteiger partial charge in [-0.1, -0.05) is 48.0 Å². The van der Waals surface area contributed by atoms with Crippen LogP contribution in [0.3, 0.4) is 0 Å². The number of hydrogen-bond donors (Lipinski definition) is 1. The van der Waals surface area contributed by atoms with Crippen molar-refractivity contribution in [1.82, 2.24) is 0 Å². The van der Waals surface area contributed by atoms with Crippen LogP contribution in [-0.4, -0.2) is 23.9 Å². The van der Waals surface area contributed by atoms with Crippen LogP contribution in [0.25, 0.3) is 5.76 Å². The lowest BCUT2D eigenvalue weighted by atomic mass is 9.95. The van der Waals surface area contributed by atoms with Crippen LogP contribution >= 0.6 is 11.6 Å². The zero-order valence-electron chi connectivity index (χ0n) is 16.1. The summed E-state index contributed by atoms with van der Waals surface area (Å²) in [5.41, 5.74) is 1.64. The maximum atomic E-state index is 13.1. The van der Waals surface area contributed by atoms with E-state index in [1.54, 1.807) is 48.5 Å². The number of aliphatic hydroxyl groups excluding tert-OH is 1. The van der Waals surface area contributed by atoms with Crippen LogP contribution in [0.2, 0.25) is 5.02 Å². The van der Waals surface area contributed by atoms with Gasteiger partial charge in [0.2, 0.25) is 0 Å². The molecule has 1 saturated heterocycles. The van der Waals surface area contributed by atoms with Gasteiger partial charge in [-0.2, -0.15) is 0 Å². The molecule has 1 amide bonds. The molecule has 1 aliphatic heterocycles. The summed E-state index contributed by atoms with van der Waals surface area (Å²) >= 11 is 5.95. The minimum Gasteiger partial charge on any atom is -0.507 e. The minimum atomic E-state index is -0.783. The molecule has 0 aliphatic carbocycles. The van der Waals surface area contributed by atoms with E-state index in [1.165, 1.54) is 12.0 Å². The van der Waals surface area contributed by atoms with Gasteiger partial charge >= 0.3 is 0 Å². The SMILES string of the molecule is COc1cccc(N2C(=O)C(=O)/C(=C(/O)c3ccc(Cl)cc3)C2c2ccccc2)c1. The van der Waals surface area contributed by atoms with Crippen molar-refractivity contribution in [2.75, 3.05) is 12.0 Å². The Kier molecular flexibility index (Phi) is 5.29. The molecular weight excluding hydrogens is 402 g/mol. The lowest BCUT2D eigenvalue weighted by Gasteiger charge is -2.25. The summed E-state index contributed by atoms with van der Waals surface area (Å²) in [4.78, 5) is 27.5. The first-order valence-corrected chi connectivity index (χ1v) is 9.65. The van der Waals surface area contributed by atoms with Gasteiger partial charge in [-0.05, 0) is 42.0 Å². The standard InChI is InChI=1S/C24H18ClNO4/c1-30-19-9-5-8-18(14-19)26-21(15-6-3-2-4-7-15)20(23(28)24(26)29)22(27)16-10-12-17(25)13-11-16/h2-14,21,27H,1H3/b22-20+. The van der Waals surface area contributed by atoms with Crippen LogP contribution in [0.1, 0.15) is 17.2 Å². The van der Waals surface area contributed by atoms with Gasteiger partial charge < -0.3 is 9.84 Å². The fraction of sp³-hybridized carbons (Fsp3) is 0.0833. The van der Waals surface area contributed by atoms with Crippen LogP contribution in [0.5, 0.6) is 5.75 Å². The molecule has 0 bridgehead atoms. The lowest BCUT2D eigenvalue weighted by molar-refractivity contribution is -0.132. The van der Waals surface area contributed by atoms with Crippen molar-refractivity contribution in [3.05, 3.63) is 101 Å². The molecule has 0 spiro atoms. The molecule has 30 heavy (non-hydrogen) atoms. The minimum absolute atomic E-state index is 0.0244. The van der Waals surface area contributed by atoms with Crippen LogP contribution < -0.4 is 9.64 Å². The number of methoxy groups -OCH3 is 1. The van der Waals surface area contributed by atoms with Crippen molar-refractivity contribution in [2.45, 2.75) is 6.04 Å². The van der Waals surface area contributed by atoms with E-state index in [0.717, 1.165) is 0 Å². The number of carbonyl (C=O) groups is 2. The van der Waals surface area contributed by atoms with E-state index in [4.69, 9.17) is 16.3 Å². The largest absolute Gasteiger partial charge is 0.507 e. The average Bonchev–Trinajstić information content (AvgIpc) is 3.05. The summed E-state index contributed by atoms with van der Waals surface area (Å²) in [7, 11) is 1.53. The van der Waals surface area contributed by atoms with E-state index >= 15 is 0 Å². The number of nitrogens with zero attached hydrogens (tertiary/aromatic N) is 1. The van der Waals surface area contributed by atoms with Crippen molar-refractivity contribution in [3.63, 3.8) is 0 Å². The van der Waals surface area contributed by atoms with Crippen LogP contribution in [0.4, 0.5) is 5.69 Å². The zero-order valence-corrected chi connectivity index (χ0v) is 16.8. The number of amides is 1. The van der Waals surface area contributed by atoms with E-state index in [1.807, 2.05) is 30.3 Å². The molecule has 3 aromatic carbocycles. The maximum absolute atomic E-state index is 13.1. The number of halogens is 1. The molecule has 5 nitrogen and oxygen atoms in total. The third-order valence-electron chi connectivity index (χ3n) is 5.01. The van der Waals surface area contributed by atoms with Gasteiger partial charge in [-0.15, -0.1) is 0 Å². The predicted molar refractivity (Wildman–Crippen MR) is 116 cm³/mol. The van der Waals surface area contributed by atoms with E-state index in [9.17, 15) is 14.7 Å². The summed E-state index contributed by atoms with van der Waals surface area (Å²) < 4.78 is 5.28. The summed E-state index contributed by atoms with van der Waals surface area (Å²) in [5, 5.41) is 11.5. The van der Waals surface area contributed by atoms with E-state index in [0.29, 0.717) is 27.6 Å². The van der Waals surface area contributed by atoms with Gasteiger partial charge in [-0.25, -0.2) is 0 Å². The fourth-order valence-corrected chi connectivity index (χ4v) is 3.70. The molecule has 1 heterocycles. The number of ether oxygens (including phenoxy) is 1. The molecule has 1 N–H and O–H groups in total. The second kappa shape index (κ2) is 8.05. The van der Waals surface area contributed by atoms with Crippen molar-refractivity contribution < 1.29 is 19.4 Å². The molecule has 1 fully saturated rings. The van der Waals surface area contributed by atoms with Gasteiger partial charge in [0, 0.05) is 22.3 Å². The number of carbonyl (C=O) groups excluding carboxylic acids is 2. The lowest BCUT2D eigenvalue weighted by Crippen LogP contribution is -2.29. The Morgan fingerprint density at radius 2 is 1.67 bits per heavy atom. The van der Waals surface area contributed by atoms with E-state index in [2.05, 4.69) is 0 Å². The molecule has 0 aromatic heterocycles. The Balaban J connectivity index is 1.93. The normalized spacial score (nSPS) is 17.9. The Hall–Kier alpha value is -3.57. The first kappa shape index (κ1) is 19.7. The van der Waals surface area contributed by atoms with Crippen LogP contribution in [0.15, 0.2) is 84.4 Å². The van der Waals surface area contributed by atoms with Crippen LogP contribution in [-0.2, 0) is 9.59 Å². The highest BCUT2D eigenvalue weighted by Gasteiger charge is 2.46. The average molecular weight is 420 g/mol. The Morgan fingerprint density at radius 1 is 0.967 bits per heavy atom. The summed E-state index contributed by atoms with van der Waals surface area (Å²) in [5.74, 6) is -1.16. The van der Waals surface area contributed by atoms with Crippen molar-refractivity contribution in [3.8, 4) is 5.75 Å². The highest BCUT2D eigenvalue weighted by Crippen LogP contribution is 2.42. The van der Waals surface area contributed by atoms with Gasteiger partial charge in [0.05, 0.1) is 18.7 Å². The summed E-state index contributed by atoms with van der Waals surface area (Å²) in [6, 6.07) is 21.7. The first-order chi connectivity index (χ1) is 14.5. The second-order valence-electron chi connectivity index (χ2n) is 6.79. The first-order valence-electron chi connectivity index (χ1n) is 9.27. The highest BCUT2D eigenvalue weighted by molar-refractivity contribution is 6.51. The number of aliphatic hydroxyl groups is 1. The Bertz CT molecular complexity index is 1140. The highest BCUT2D eigenvalue weighted by atomic mass is 35.5. The van der Waals surface area contributed by atoms with Gasteiger partial charge in [0.15, 0.2) is 0 Å². The fourth-order valence-electron chi connectivity index (χ4n) is 3.57. The van der Waals surface area contributed by atoms with Gasteiger partial charge in [0.25, 0.3) is 11.7 Å². The number of benzene rings is 3. The third kappa shape index (κ3) is 3.44. The molecule has 150 valence electrons. The summed E-state index contributed by atoms with van der Waals surface area (Å²) in [6.45, 7) is 0. The maximum Gasteiger partial charge on any atom is 0.300 e. The molecule has 3 aromatic rings. The quantitative estimate of drug-likeness (QED) is 0.368. The number of rotatable bonds is 4. The third-order valence-corrected chi connectivity index (χ3v) is 5.26. The molecule has 0 saturated carbocycles. The molecule has 4 rings (SSSR count). The second-order valence-corrected chi connectivity index (χ2v) is 7.22. The Labute approximate surface area is 178 Å². The number of anilines is 1. The number of hydrogen-bond acceptors (Lipinski definition) is 4. The summed E-state index contributed by atoms with van der Waals surface area (Å²) in [6.07, 6.45) is 0. The smallest absolute Gasteiger partial charge is 0.300 e. The number of Topliss-reactive ketones (excluding diaryl/α,β-unsaturated/α-hetero) is 1. The molecule has 1 aliphatic rings. The van der Waals surface area contributed by atoms with Crippen LogP contribution in [0, 0.1) is 0 Å². The topological polar surface area (TPSA) is 66.8 Å². The molecule has 6 heteroatoms. The molecular formula is C24H18ClNO4. The van der Waals surface area contributed by atoms with E-state index in [-0.39, 0.29) is 11.3 Å². The van der Waals surface area contributed by atoms with Crippen molar-refractivity contribution in [2.24, 2.45) is 0 Å². The van der Waals surface area contributed by atoms with Gasteiger partial charge in [0.1, 0.15) is 11.5 Å².